The molecule has 22 rings (SSSR count). The van der Waals surface area contributed by atoms with E-state index in [1.54, 1.807) is 37.4 Å². The number of carbonyl (C=O) groups excluding carboxylic acids is 11. The van der Waals surface area contributed by atoms with Gasteiger partial charge in [0, 0.05) is 224 Å². The van der Waals surface area contributed by atoms with Gasteiger partial charge in [0.15, 0.2) is 11.6 Å². The summed E-state index contributed by atoms with van der Waals surface area (Å²) in [6.45, 7) is 24.2. The van der Waals surface area contributed by atoms with Gasteiger partial charge in [0.25, 0.3) is 28.8 Å². The average Bonchev–Trinajstić information content (AvgIpc) is 1.46. The summed E-state index contributed by atoms with van der Waals surface area (Å²) < 4.78 is 3.52. The first-order valence-corrected chi connectivity index (χ1v) is 52.8. The third kappa shape index (κ3) is 21.7. The van der Waals surface area contributed by atoms with Crippen molar-refractivity contribution < 1.29 is 52.7 Å². The highest BCUT2D eigenvalue weighted by molar-refractivity contribution is 6.36. The number of Topliss-reactive ketones (excluding diaryl/α,β-unsaturated/α-hetero) is 2. The van der Waals surface area contributed by atoms with Crippen molar-refractivity contribution in [2.45, 2.75) is 219 Å². The molecule has 35 nitrogen and oxygen atoms in total. The average molecular weight is 2100 g/mol. The number of rotatable bonds is 22. The minimum Gasteiger partial charge on any atom is -0.370 e. The van der Waals surface area contributed by atoms with E-state index in [1.807, 2.05) is 68.7 Å². The van der Waals surface area contributed by atoms with E-state index in [4.69, 9.17) is 54.7 Å². The number of fused-ring (bicyclic) bond motifs is 5. The second-order valence-corrected chi connectivity index (χ2v) is 42.2. The zero-order chi connectivity index (χ0) is 101. The molecule has 4 N–H and O–H groups in total. The van der Waals surface area contributed by atoms with Crippen molar-refractivity contribution >= 4 is 175 Å². The molecule has 10 fully saturated rings. The number of nitrogens with zero attached hydrogens (tertiary/aromatic N) is 18. The maximum absolute atomic E-state index is 13.6. The summed E-state index contributed by atoms with van der Waals surface area (Å²) in [4.78, 5) is 213. The van der Waals surface area contributed by atoms with Gasteiger partial charge in [0.2, 0.25) is 35.4 Å². The number of benzene rings is 3. The number of aryl methyl sites for hydroxylation is 2. The number of aromatic nitrogens is 8. The monoisotopic (exact) mass is 2100 g/mol. The number of hydrogen-bond donors (Lipinski definition) is 4. The van der Waals surface area contributed by atoms with Crippen LogP contribution in [0, 0.1) is 25.7 Å². The topological polar surface area (TPSA) is 390 Å². The standard InChI is InChI=1S/2C45H52ClN9O5.C17H19ClN4O3.2ClH/c2*1-27-34-25-48-38(49-42(34)55(31-5-3-4-6-31)45(60)40(27)28(2)56)23-30-7-8-32(24-47-30)52-17-14-29(15-18-52)13-16-51-19-21-53(22-20-51)36-10-9-33-35(41(36)46)26-54(44(33)59)37-11-12-39(57)50-43(37)58;18-15-11-9-22(13-3-4-14(23)20-16(13)24)17(25)10(11)1-2-12(15)21-7-5-19-6-8-21;;/h2*7-10,24-25,29,31,37H,3-6,11-23,26H2,1-2H3,(H,50,57,58);1-2,13,19H,3-9H2,(H,20,23,24);2*1H. The van der Waals surface area contributed by atoms with Crippen molar-refractivity contribution in [1.82, 2.24) is 84.8 Å². The van der Waals surface area contributed by atoms with Gasteiger partial charge < -0.3 is 44.5 Å². The number of hydrogen-bond acceptors (Lipinski definition) is 27. The van der Waals surface area contributed by atoms with Crippen LogP contribution in [0.2, 0.25) is 15.1 Å². The van der Waals surface area contributed by atoms with Gasteiger partial charge in [-0.15, -0.1) is 24.8 Å². The maximum Gasteiger partial charge on any atom is 0.263 e. The molecule has 9 amide bonds. The van der Waals surface area contributed by atoms with Crippen molar-refractivity contribution in [1.29, 1.82) is 0 Å². The van der Waals surface area contributed by atoms with E-state index in [9.17, 15) is 62.3 Å². The molecule has 3 atom stereocenters. The molecule has 776 valence electrons. The first-order chi connectivity index (χ1) is 70.1. The van der Waals surface area contributed by atoms with Gasteiger partial charge in [-0.2, -0.15) is 0 Å². The lowest BCUT2D eigenvalue weighted by Gasteiger charge is -2.38. The van der Waals surface area contributed by atoms with Gasteiger partial charge in [-0.3, -0.25) is 107 Å². The van der Waals surface area contributed by atoms with Crippen LogP contribution in [-0.2, 0) is 61.2 Å². The zero-order valence-corrected chi connectivity index (χ0v) is 87.2. The summed E-state index contributed by atoms with van der Waals surface area (Å²) in [5.41, 5.74) is 13.2. The van der Waals surface area contributed by atoms with Crippen molar-refractivity contribution in [3.05, 3.63) is 200 Å². The number of carbonyl (C=O) groups is 11. The van der Waals surface area contributed by atoms with Gasteiger partial charge in [0.05, 0.1) is 79.9 Å². The molecule has 2 saturated carbocycles. The Morgan fingerprint density at radius 1 is 0.381 bits per heavy atom. The Kier molecular flexibility index (Phi) is 32.3. The van der Waals surface area contributed by atoms with E-state index in [0.717, 1.165) is 262 Å². The van der Waals surface area contributed by atoms with Gasteiger partial charge in [0.1, 0.15) is 41.1 Å². The van der Waals surface area contributed by atoms with Gasteiger partial charge in [-0.05, 0) is 208 Å². The Morgan fingerprint density at radius 3 is 1.03 bits per heavy atom. The molecular weight excluding hydrogens is 1980 g/mol. The zero-order valence-electron chi connectivity index (χ0n) is 83.3. The number of imide groups is 3. The molecule has 0 bridgehead atoms. The van der Waals surface area contributed by atoms with Crippen LogP contribution in [-0.4, -0.2) is 264 Å². The molecular formula is C107H125Cl5N22O13. The molecule has 13 aliphatic rings. The Bertz CT molecular complexity index is 6440. The fraction of sp³-hybridized carbons (Fsp3) is 0.505. The molecule has 6 aromatic heterocycles. The highest BCUT2D eigenvalue weighted by atomic mass is 35.5. The van der Waals surface area contributed by atoms with Crippen LogP contribution in [0.4, 0.5) is 28.4 Å². The summed E-state index contributed by atoms with van der Waals surface area (Å²) in [5, 5.41) is 13.6. The highest BCUT2D eigenvalue weighted by Gasteiger charge is 2.46. The smallest absolute Gasteiger partial charge is 0.263 e. The molecule has 147 heavy (non-hydrogen) atoms. The lowest BCUT2D eigenvalue weighted by atomic mass is 9.93. The summed E-state index contributed by atoms with van der Waals surface area (Å²) >= 11 is 20.5. The maximum atomic E-state index is 13.6. The number of halogens is 5. The van der Waals surface area contributed by atoms with E-state index < -0.39 is 35.8 Å². The van der Waals surface area contributed by atoms with Crippen molar-refractivity contribution in [2.75, 3.05) is 142 Å². The highest BCUT2D eigenvalue weighted by Crippen LogP contribution is 2.45. The third-order valence-electron chi connectivity index (χ3n) is 32.3. The van der Waals surface area contributed by atoms with Crippen molar-refractivity contribution in [3.8, 4) is 0 Å². The fourth-order valence-corrected chi connectivity index (χ4v) is 25.0. The summed E-state index contributed by atoms with van der Waals surface area (Å²) in [5.74, 6) is -0.642. The minimum atomic E-state index is -0.660. The lowest BCUT2D eigenvalue weighted by Crippen LogP contribution is -2.52. The predicted octanol–water partition coefficient (Wildman–Crippen LogP) is 11.8. The largest absolute Gasteiger partial charge is 0.370 e. The number of piperazine rings is 3. The molecule has 3 unspecified atom stereocenters. The molecule has 17 heterocycles. The first-order valence-electron chi connectivity index (χ1n) is 51.6. The number of anilines is 5. The van der Waals surface area contributed by atoms with Crippen LogP contribution in [0.15, 0.2) is 95.0 Å². The van der Waals surface area contributed by atoms with E-state index in [-0.39, 0.29) is 139 Å². The van der Waals surface area contributed by atoms with E-state index in [0.29, 0.717) is 116 Å². The number of piperidine rings is 5. The fourth-order valence-electron chi connectivity index (χ4n) is 24.0. The molecule has 3 aromatic carbocycles. The van der Waals surface area contributed by atoms with Gasteiger partial charge >= 0.3 is 0 Å². The van der Waals surface area contributed by atoms with E-state index in [2.05, 4.69) is 77.7 Å². The van der Waals surface area contributed by atoms with Crippen molar-refractivity contribution in [3.63, 3.8) is 0 Å². The lowest BCUT2D eigenvalue weighted by molar-refractivity contribution is -0.138. The number of pyridine rings is 4. The Morgan fingerprint density at radius 2 is 0.714 bits per heavy atom. The SMILES string of the molecule is CC(=O)c1c(C)c2cnc(Cc3ccc(N4CCC(CCN5CCN(c6ccc7c(c6Cl)CN(C6CCC(=O)NC6=O)C7=O)CC5)CC4)cn3)nc2n(C2CCCC2)c1=O.CC(=O)c1c(C)c2cnc(Cc3ccc(N4CCC(CCN5CCN(c6ccc7c(c6Cl)CN(C6CCC(=O)NC6=O)C7=O)CC5)CC4)cn3)nc2n(C2CCCC2)c1=O.Cl.Cl.O=C1CCC(N2Cc3c(ccc(N4CCNCC4)c3Cl)C2=O)C(=O)N1. The number of amides is 9. The van der Waals surface area contributed by atoms with Crippen molar-refractivity contribution in [2.24, 2.45) is 11.8 Å². The molecule has 40 heteroatoms. The van der Waals surface area contributed by atoms with Crippen LogP contribution < -0.4 is 56.9 Å². The van der Waals surface area contributed by atoms with Gasteiger partial charge in [-0.1, -0.05) is 60.5 Å². The molecule has 2 aliphatic carbocycles. The summed E-state index contributed by atoms with van der Waals surface area (Å²) in [7, 11) is 0. The molecule has 8 saturated heterocycles. The summed E-state index contributed by atoms with van der Waals surface area (Å²) in [6, 6.07) is 17.7. The third-order valence-corrected chi connectivity index (χ3v) is 33.6. The van der Waals surface area contributed by atoms with Gasteiger partial charge in [-0.25, -0.2) is 19.9 Å². The second kappa shape index (κ2) is 45.2. The Balaban J connectivity index is 0.000000155. The van der Waals surface area contributed by atoms with Crippen LogP contribution >= 0.6 is 59.6 Å². The van der Waals surface area contributed by atoms with Crippen LogP contribution in [0.1, 0.15) is 257 Å². The minimum absolute atomic E-state index is 0. The Labute approximate surface area is 879 Å². The normalized spacial score (nSPS) is 20.9. The predicted molar refractivity (Wildman–Crippen MR) is 565 cm³/mol. The molecule has 0 spiro atoms. The quantitative estimate of drug-likeness (QED) is 0.0362. The van der Waals surface area contributed by atoms with E-state index >= 15 is 0 Å². The number of nitrogens with one attached hydrogen (secondary N) is 4. The summed E-state index contributed by atoms with van der Waals surface area (Å²) in [6.07, 6.45) is 24.8. The van der Waals surface area contributed by atoms with Crippen LogP contribution in [0.5, 0.6) is 0 Å². The number of ketones is 2. The van der Waals surface area contributed by atoms with E-state index in [1.165, 1.54) is 31.6 Å². The Hall–Kier alpha value is -12.0. The molecule has 9 aromatic rings. The first kappa shape index (κ1) is 105. The van der Waals surface area contributed by atoms with Crippen LogP contribution in [0.3, 0.4) is 0 Å². The molecule has 11 aliphatic heterocycles. The second-order valence-electron chi connectivity index (χ2n) is 41.1. The van der Waals surface area contributed by atoms with Crippen LogP contribution in [0.25, 0.3) is 22.1 Å². The molecule has 0 radical (unpaired) electrons.